The van der Waals surface area contributed by atoms with Crippen molar-refractivity contribution in [3.05, 3.63) is 30.3 Å². The number of H-pyrrole nitrogens is 1. The Hall–Kier alpha value is -3.95. The smallest absolute Gasteiger partial charge is 0.411 e. The number of nitrogens with one attached hydrogen (secondary N) is 2. The lowest BCUT2D eigenvalue weighted by Crippen LogP contribution is -2.14. The highest BCUT2D eigenvalue weighted by Gasteiger charge is 2.20. The van der Waals surface area contributed by atoms with Crippen molar-refractivity contribution in [2.24, 2.45) is 0 Å². The molecule has 0 aliphatic heterocycles. The van der Waals surface area contributed by atoms with Gasteiger partial charge >= 0.3 is 6.09 Å². The number of aromatic nitrogens is 3. The number of benzene rings is 2. The molecule has 3 rings (SSSR count). The number of carbonyl (C=O) groups is 1. The van der Waals surface area contributed by atoms with Gasteiger partial charge in [-0.15, -0.1) is 0 Å². The summed E-state index contributed by atoms with van der Waals surface area (Å²) in [6, 6.07) is 8.87. The van der Waals surface area contributed by atoms with E-state index in [2.05, 4.69) is 20.7 Å². The van der Waals surface area contributed by atoms with Crippen molar-refractivity contribution in [1.29, 1.82) is 0 Å². The van der Waals surface area contributed by atoms with E-state index < -0.39 is 6.09 Å². The third-order valence-electron chi connectivity index (χ3n) is 4.63. The van der Waals surface area contributed by atoms with E-state index in [0.29, 0.717) is 57.8 Å². The molecule has 0 saturated carbocycles. The molecule has 1 heterocycles. The second-order valence-corrected chi connectivity index (χ2v) is 6.61. The van der Waals surface area contributed by atoms with E-state index in [-0.39, 0.29) is 0 Å². The molecule has 0 aliphatic rings. The Bertz CT molecular complexity index is 1060. The van der Waals surface area contributed by atoms with Gasteiger partial charge in [-0.2, -0.15) is 15.4 Å². The van der Waals surface area contributed by atoms with Crippen LogP contribution < -0.4 is 24.3 Å². The Kier molecular flexibility index (Phi) is 7.37. The van der Waals surface area contributed by atoms with Crippen LogP contribution in [0.2, 0.25) is 0 Å². The van der Waals surface area contributed by atoms with Gasteiger partial charge < -0.3 is 23.7 Å². The van der Waals surface area contributed by atoms with E-state index in [1.54, 1.807) is 45.6 Å². The van der Waals surface area contributed by atoms with Crippen LogP contribution in [0, 0.1) is 0 Å². The second-order valence-electron chi connectivity index (χ2n) is 6.61. The molecule has 0 spiro atoms. The average molecular weight is 442 g/mol. The van der Waals surface area contributed by atoms with Gasteiger partial charge in [-0.05, 0) is 36.8 Å². The SMILES string of the molecule is CCCOC(=O)Nc1cc(-c2n[nH]nc2-c2cc(OC)c(OC)c(OC)c2)ccc1OC. The number of rotatable bonds is 9. The zero-order chi connectivity index (χ0) is 23.1. The Balaban J connectivity index is 2.03. The number of anilines is 1. The summed E-state index contributed by atoms with van der Waals surface area (Å²) >= 11 is 0. The van der Waals surface area contributed by atoms with Crippen LogP contribution in [0.3, 0.4) is 0 Å². The first-order valence-electron chi connectivity index (χ1n) is 9.89. The fourth-order valence-corrected chi connectivity index (χ4v) is 3.15. The maximum absolute atomic E-state index is 12.1. The fraction of sp³-hybridized carbons (Fsp3) is 0.318. The minimum absolute atomic E-state index is 0.322. The van der Waals surface area contributed by atoms with Gasteiger partial charge in [0, 0.05) is 11.1 Å². The summed E-state index contributed by atoms with van der Waals surface area (Å²) in [5.74, 6) is 1.95. The quantitative estimate of drug-likeness (QED) is 0.508. The Morgan fingerprint density at radius 2 is 1.50 bits per heavy atom. The highest BCUT2D eigenvalue weighted by molar-refractivity contribution is 5.89. The van der Waals surface area contributed by atoms with Crippen molar-refractivity contribution in [3.63, 3.8) is 0 Å². The average Bonchev–Trinajstić information content (AvgIpc) is 3.31. The normalized spacial score (nSPS) is 10.4. The van der Waals surface area contributed by atoms with Crippen molar-refractivity contribution in [2.75, 3.05) is 40.4 Å². The molecule has 2 N–H and O–H groups in total. The maximum atomic E-state index is 12.1. The largest absolute Gasteiger partial charge is 0.495 e. The van der Waals surface area contributed by atoms with Crippen LogP contribution in [0.25, 0.3) is 22.5 Å². The van der Waals surface area contributed by atoms with Crippen LogP contribution in [0.15, 0.2) is 30.3 Å². The molecule has 170 valence electrons. The molecule has 3 aromatic rings. The topological polar surface area (TPSA) is 117 Å². The van der Waals surface area contributed by atoms with Gasteiger partial charge in [0.25, 0.3) is 0 Å². The molecule has 1 amide bonds. The van der Waals surface area contributed by atoms with E-state index in [4.69, 9.17) is 23.7 Å². The van der Waals surface area contributed by atoms with Crippen molar-refractivity contribution in [3.8, 4) is 45.5 Å². The van der Waals surface area contributed by atoms with Crippen LogP contribution in [-0.4, -0.2) is 56.6 Å². The molecule has 1 aromatic heterocycles. The molecule has 10 heteroatoms. The minimum atomic E-state index is -0.563. The van der Waals surface area contributed by atoms with Crippen LogP contribution in [0.1, 0.15) is 13.3 Å². The lowest BCUT2D eigenvalue weighted by molar-refractivity contribution is 0.161. The number of methoxy groups -OCH3 is 4. The first-order valence-corrected chi connectivity index (χ1v) is 9.89. The van der Waals surface area contributed by atoms with E-state index in [1.165, 1.54) is 7.11 Å². The molecule has 0 fully saturated rings. The zero-order valence-electron chi connectivity index (χ0n) is 18.6. The molecule has 0 aliphatic carbocycles. The molecule has 2 aromatic carbocycles. The number of hydrogen-bond acceptors (Lipinski definition) is 8. The number of hydrogen-bond donors (Lipinski definition) is 2. The molecular weight excluding hydrogens is 416 g/mol. The van der Waals surface area contributed by atoms with Crippen LogP contribution in [0.5, 0.6) is 23.0 Å². The number of aromatic amines is 1. The molecule has 32 heavy (non-hydrogen) atoms. The van der Waals surface area contributed by atoms with Crippen molar-refractivity contribution in [2.45, 2.75) is 13.3 Å². The van der Waals surface area contributed by atoms with Gasteiger partial charge in [0.2, 0.25) is 5.75 Å². The molecular formula is C22H26N4O6. The third-order valence-corrected chi connectivity index (χ3v) is 4.63. The monoisotopic (exact) mass is 442 g/mol. The predicted molar refractivity (Wildman–Crippen MR) is 119 cm³/mol. The Labute approximate surface area is 185 Å². The van der Waals surface area contributed by atoms with Gasteiger partial charge in [0.15, 0.2) is 11.5 Å². The molecule has 0 bridgehead atoms. The highest BCUT2D eigenvalue weighted by Crippen LogP contribution is 2.42. The van der Waals surface area contributed by atoms with E-state index in [9.17, 15) is 4.79 Å². The Morgan fingerprint density at radius 3 is 2.06 bits per heavy atom. The molecule has 0 unspecified atom stereocenters. The van der Waals surface area contributed by atoms with Gasteiger partial charge in [0.05, 0.1) is 40.7 Å². The van der Waals surface area contributed by atoms with E-state index in [1.807, 2.05) is 13.0 Å². The van der Waals surface area contributed by atoms with Gasteiger partial charge in [-0.25, -0.2) is 4.79 Å². The molecule has 0 atom stereocenters. The van der Waals surface area contributed by atoms with Crippen molar-refractivity contribution >= 4 is 11.8 Å². The third kappa shape index (κ3) is 4.69. The standard InChI is InChI=1S/C22H26N4O6/c1-6-9-32-22(27)23-15-10-13(7-8-16(15)28-2)19-20(25-26-24-19)14-11-17(29-3)21(31-5)18(12-14)30-4/h7-8,10-12H,6,9H2,1-5H3,(H,23,27)(H,24,25,26). The number of amides is 1. The fourth-order valence-electron chi connectivity index (χ4n) is 3.15. The van der Waals surface area contributed by atoms with Crippen molar-refractivity contribution in [1.82, 2.24) is 15.4 Å². The molecule has 10 nitrogen and oxygen atoms in total. The van der Waals surface area contributed by atoms with Crippen LogP contribution in [-0.2, 0) is 4.74 Å². The lowest BCUT2D eigenvalue weighted by atomic mass is 10.0. The van der Waals surface area contributed by atoms with Crippen LogP contribution >= 0.6 is 0 Å². The minimum Gasteiger partial charge on any atom is -0.495 e. The van der Waals surface area contributed by atoms with Gasteiger partial charge in [0.1, 0.15) is 17.1 Å². The predicted octanol–water partition coefficient (Wildman–Crippen LogP) is 4.13. The molecule has 0 radical (unpaired) electrons. The zero-order valence-corrected chi connectivity index (χ0v) is 18.6. The number of nitrogens with zero attached hydrogens (tertiary/aromatic N) is 2. The summed E-state index contributed by atoms with van der Waals surface area (Å²) in [5.41, 5.74) is 2.98. The summed E-state index contributed by atoms with van der Waals surface area (Å²) in [4.78, 5) is 12.1. The van der Waals surface area contributed by atoms with Gasteiger partial charge in [-0.3, -0.25) is 5.32 Å². The highest BCUT2D eigenvalue weighted by atomic mass is 16.5. The summed E-state index contributed by atoms with van der Waals surface area (Å²) in [5, 5.41) is 14.0. The number of carbonyl (C=O) groups excluding carboxylic acids is 1. The lowest BCUT2D eigenvalue weighted by Gasteiger charge is -2.14. The summed E-state index contributed by atoms with van der Waals surface area (Å²) in [6.45, 7) is 2.24. The summed E-state index contributed by atoms with van der Waals surface area (Å²) < 4.78 is 26.8. The maximum Gasteiger partial charge on any atom is 0.411 e. The van der Waals surface area contributed by atoms with E-state index >= 15 is 0 Å². The van der Waals surface area contributed by atoms with E-state index in [0.717, 1.165) is 6.42 Å². The Morgan fingerprint density at radius 1 is 0.875 bits per heavy atom. The van der Waals surface area contributed by atoms with Gasteiger partial charge in [-0.1, -0.05) is 6.92 Å². The first-order chi connectivity index (χ1) is 15.6. The summed E-state index contributed by atoms with van der Waals surface area (Å²) in [7, 11) is 6.15. The van der Waals surface area contributed by atoms with Crippen molar-refractivity contribution < 1.29 is 28.5 Å². The number of ether oxygens (including phenoxy) is 5. The first kappa shape index (κ1) is 22.7. The molecule has 0 saturated heterocycles. The second kappa shape index (κ2) is 10.4. The summed E-state index contributed by atoms with van der Waals surface area (Å²) in [6.07, 6.45) is 0.161. The van der Waals surface area contributed by atoms with Crippen LogP contribution in [0.4, 0.5) is 10.5 Å².